The maximum atomic E-state index is 8.83. The van der Waals surface area contributed by atoms with Crippen molar-refractivity contribution in [3.05, 3.63) is 60.0 Å². The van der Waals surface area contributed by atoms with Crippen molar-refractivity contribution in [1.82, 2.24) is 20.2 Å². The number of hydrogen-bond donors (Lipinski definition) is 2. The zero-order valence-corrected chi connectivity index (χ0v) is 11.1. The fourth-order valence-corrected chi connectivity index (χ4v) is 1.96. The standard InChI is InChI=1S/C15H12N6/c16-8-13-5-2-6-14(20-13)17-9-11-3-1-4-12(7-11)15-18-10-19-21-15/h1-7,10H,9H2,(H,17,20)(H,18,19,21). The number of nitriles is 1. The molecule has 0 saturated carbocycles. The molecular weight excluding hydrogens is 264 g/mol. The van der Waals surface area contributed by atoms with Gasteiger partial charge in [0.15, 0.2) is 5.82 Å². The first-order valence-electron chi connectivity index (χ1n) is 6.41. The van der Waals surface area contributed by atoms with Crippen LogP contribution in [0.2, 0.25) is 0 Å². The number of benzene rings is 1. The van der Waals surface area contributed by atoms with Crippen molar-refractivity contribution < 1.29 is 0 Å². The quantitative estimate of drug-likeness (QED) is 0.763. The van der Waals surface area contributed by atoms with Crippen LogP contribution in [0.3, 0.4) is 0 Å². The lowest BCUT2D eigenvalue weighted by atomic mass is 10.1. The largest absolute Gasteiger partial charge is 0.366 e. The van der Waals surface area contributed by atoms with Crippen LogP contribution in [0.25, 0.3) is 11.4 Å². The van der Waals surface area contributed by atoms with E-state index >= 15 is 0 Å². The number of nitrogens with one attached hydrogen (secondary N) is 2. The van der Waals surface area contributed by atoms with Gasteiger partial charge in [0, 0.05) is 12.1 Å². The predicted octanol–water partition coefficient (Wildman–Crippen LogP) is 2.35. The van der Waals surface area contributed by atoms with Crippen molar-refractivity contribution in [3.8, 4) is 17.5 Å². The number of hydrogen-bond acceptors (Lipinski definition) is 5. The maximum absolute atomic E-state index is 8.83. The average molecular weight is 276 g/mol. The summed E-state index contributed by atoms with van der Waals surface area (Å²) in [7, 11) is 0. The minimum atomic E-state index is 0.399. The van der Waals surface area contributed by atoms with E-state index in [4.69, 9.17) is 5.26 Å². The Kier molecular flexibility index (Phi) is 3.56. The molecule has 3 rings (SSSR count). The Morgan fingerprint density at radius 3 is 2.90 bits per heavy atom. The van der Waals surface area contributed by atoms with Gasteiger partial charge in [-0.1, -0.05) is 24.3 Å². The van der Waals surface area contributed by atoms with Crippen molar-refractivity contribution in [2.75, 3.05) is 5.32 Å². The topological polar surface area (TPSA) is 90.3 Å². The van der Waals surface area contributed by atoms with E-state index < -0.39 is 0 Å². The molecule has 21 heavy (non-hydrogen) atoms. The van der Waals surface area contributed by atoms with Gasteiger partial charge in [-0.25, -0.2) is 9.97 Å². The number of aromatic amines is 1. The van der Waals surface area contributed by atoms with Gasteiger partial charge in [-0.05, 0) is 23.8 Å². The van der Waals surface area contributed by atoms with Gasteiger partial charge in [0.1, 0.15) is 23.9 Å². The molecular formula is C15H12N6. The van der Waals surface area contributed by atoms with Crippen LogP contribution in [0.15, 0.2) is 48.8 Å². The van der Waals surface area contributed by atoms with Crippen LogP contribution in [0.1, 0.15) is 11.3 Å². The molecule has 6 heteroatoms. The smallest absolute Gasteiger partial charge is 0.155 e. The first-order chi connectivity index (χ1) is 10.3. The summed E-state index contributed by atoms with van der Waals surface area (Å²) in [5.41, 5.74) is 2.47. The highest BCUT2D eigenvalue weighted by atomic mass is 15.2. The highest BCUT2D eigenvalue weighted by Gasteiger charge is 2.02. The number of H-pyrrole nitrogens is 1. The number of nitrogens with zero attached hydrogens (tertiary/aromatic N) is 4. The number of pyridine rings is 1. The van der Waals surface area contributed by atoms with Crippen LogP contribution < -0.4 is 5.32 Å². The van der Waals surface area contributed by atoms with Crippen molar-refractivity contribution in [3.63, 3.8) is 0 Å². The van der Waals surface area contributed by atoms with Gasteiger partial charge in [0.2, 0.25) is 0 Å². The fraction of sp³-hybridized carbons (Fsp3) is 0.0667. The molecule has 0 radical (unpaired) electrons. The van der Waals surface area contributed by atoms with Crippen LogP contribution >= 0.6 is 0 Å². The van der Waals surface area contributed by atoms with Gasteiger partial charge in [-0.15, -0.1) is 0 Å². The second-order valence-corrected chi connectivity index (χ2v) is 4.41. The van der Waals surface area contributed by atoms with Gasteiger partial charge < -0.3 is 5.32 Å². The van der Waals surface area contributed by atoms with Crippen LogP contribution in [-0.4, -0.2) is 20.2 Å². The molecule has 2 aromatic heterocycles. The van der Waals surface area contributed by atoms with E-state index in [-0.39, 0.29) is 0 Å². The van der Waals surface area contributed by atoms with Gasteiger partial charge in [-0.2, -0.15) is 10.4 Å². The molecule has 0 aliphatic rings. The molecule has 1 aromatic carbocycles. The molecule has 3 aromatic rings. The summed E-state index contributed by atoms with van der Waals surface area (Å²) in [6, 6.07) is 15.3. The summed E-state index contributed by atoms with van der Waals surface area (Å²) < 4.78 is 0. The Balaban J connectivity index is 1.73. The molecule has 0 unspecified atom stereocenters. The van der Waals surface area contributed by atoms with Crippen LogP contribution in [0, 0.1) is 11.3 Å². The van der Waals surface area contributed by atoms with E-state index in [1.165, 1.54) is 6.33 Å². The van der Waals surface area contributed by atoms with Crippen LogP contribution in [0.4, 0.5) is 5.82 Å². The Labute approximate surface area is 121 Å². The molecule has 0 bridgehead atoms. The second kappa shape index (κ2) is 5.84. The molecule has 0 aliphatic carbocycles. The van der Waals surface area contributed by atoms with E-state index in [1.807, 2.05) is 36.4 Å². The van der Waals surface area contributed by atoms with Gasteiger partial charge in [-0.3, -0.25) is 5.10 Å². The summed E-state index contributed by atoms with van der Waals surface area (Å²) >= 11 is 0. The summed E-state index contributed by atoms with van der Waals surface area (Å²) in [5.74, 6) is 1.42. The van der Waals surface area contributed by atoms with E-state index in [9.17, 15) is 0 Å². The van der Waals surface area contributed by atoms with E-state index in [0.29, 0.717) is 18.1 Å². The molecule has 6 nitrogen and oxygen atoms in total. The SMILES string of the molecule is N#Cc1cccc(NCc2cccc(-c3ncn[nH]3)c2)n1. The van der Waals surface area contributed by atoms with Crippen LogP contribution in [0.5, 0.6) is 0 Å². The summed E-state index contributed by atoms with van der Waals surface area (Å²) in [6.07, 6.45) is 1.48. The van der Waals surface area contributed by atoms with E-state index in [0.717, 1.165) is 17.0 Å². The van der Waals surface area contributed by atoms with Crippen molar-refractivity contribution in [2.45, 2.75) is 6.54 Å². The highest BCUT2D eigenvalue weighted by Crippen LogP contribution is 2.16. The predicted molar refractivity (Wildman–Crippen MR) is 78.1 cm³/mol. The average Bonchev–Trinajstić information content (AvgIpc) is 3.08. The first-order valence-corrected chi connectivity index (χ1v) is 6.41. The lowest BCUT2D eigenvalue weighted by Gasteiger charge is -2.07. The van der Waals surface area contributed by atoms with E-state index in [1.54, 1.807) is 12.1 Å². The molecule has 0 amide bonds. The zero-order chi connectivity index (χ0) is 14.5. The summed E-state index contributed by atoms with van der Waals surface area (Å²) in [5, 5.41) is 18.7. The molecule has 2 heterocycles. The molecule has 102 valence electrons. The molecule has 0 fully saturated rings. The third-order valence-corrected chi connectivity index (χ3v) is 2.95. The first kappa shape index (κ1) is 12.8. The third kappa shape index (κ3) is 3.04. The Morgan fingerprint density at radius 1 is 1.19 bits per heavy atom. The Hall–Kier alpha value is -3.20. The summed E-state index contributed by atoms with van der Waals surface area (Å²) in [4.78, 5) is 8.31. The Bertz CT molecular complexity index is 773. The van der Waals surface area contributed by atoms with Gasteiger partial charge >= 0.3 is 0 Å². The number of anilines is 1. The van der Waals surface area contributed by atoms with Crippen molar-refractivity contribution in [1.29, 1.82) is 5.26 Å². The normalized spacial score (nSPS) is 10.0. The lowest BCUT2D eigenvalue weighted by molar-refractivity contribution is 1.09. The van der Waals surface area contributed by atoms with Crippen molar-refractivity contribution in [2.24, 2.45) is 0 Å². The third-order valence-electron chi connectivity index (χ3n) is 2.95. The number of aromatic nitrogens is 4. The second-order valence-electron chi connectivity index (χ2n) is 4.41. The van der Waals surface area contributed by atoms with Crippen LogP contribution in [-0.2, 0) is 6.54 Å². The molecule has 0 aliphatic heterocycles. The van der Waals surface area contributed by atoms with E-state index in [2.05, 4.69) is 25.5 Å². The molecule has 0 atom stereocenters. The summed E-state index contributed by atoms with van der Waals surface area (Å²) in [6.45, 7) is 0.615. The monoisotopic (exact) mass is 276 g/mol. The fourth-order valence-electron chi connectivity index (χ4n) is 1.96. The van der Waals surface area contributed by atoms with Crippen molar-refractivity contribution >= 4 is 5.82 Å². The lowest BCUT2D eigenvalue weighted by Crippen LogP contribution is -2.02. The molecule has 0 saturated heterocycles. The molecule has 2 N–H and O–H groups in total. The minimum absolute atomic E-state index is 0.399. The number of rotatable bonds is 4. The Morgan fingerprint density at radius 2 is 2.10 bits per heavy atom. The van der Waals surface area contributed by atoms with Gasteiger partial charge in [0.25, 0.3) is 0 Å². The zero-order valence-electron chi connectivity index (χ0n) is 11.1. The minimum Gasteiger partial charge on any atom is -0.366 e. The molecule has 0 spiro atoms. The van der Waals surface area contributed by atoms with Gasteiger partial charge in [0.05, 0.1) is 0 Å². The highest BCUT2D eigenvalue weighted by molar-refractivity contribution is 5.55. The maximum Gasteiger partial charge on any atom is 0.155 e.